The number of nitrogens with zero attached hydrogens (tertiary/aromatic N) is 4. The number of hydrogen-bond donors (Lipinski definition) is 1. The second-order valence-electron chi connectivity index (χ2n) is 4.88. The molecule has 3 aromatic rings. The van der Waals surface area contributed by atoms with E-state index in [9.17, 15) is 17.2 Å². The van der Waals surface area contributed by atoms with Gasteiger partial charge in [-0.2, -0.15) is 4.68 Å². The molecule has 0 aliphatic heterocycles. The lowest BCUT2D eigenvalue weighted by Crippen LogP contribution is -2.26. The maximum Gasteiger partial charge on any atom is 0.244 e. The zero-order valence-corrected chi connectivity index (χ0v) is 14.0. The molecule has 25 heavy (non-hydrogen) atoms. The topological polar surface area (TPSA) is 89.8 Å². The number of rotatable bonds is 5. The van der Waals surface area contributed by atoms with Crippen LogP contribution in [0.5, 0.6) is 0 Å². The summed E-state index contributed by atoms with van der Waals surface area (Å²) < 4.78 is 54.7. The van der Waals surface area contributed by atoms with Crippen molar-refractivity contribution in [3.05, 3.63) is 64.9 Å². The number of aromatic nitrogens is 4. The Morgan fingerprint density at radius 1 is 1.12 bits per heavy atom. The predicted molar refractivity (Wildman–Crippen MR) is 84.5 cm³/mol. The molecule has 0 saturated heterocycles. The molecule has 1 aromatic heterocycles. The first-order valence-electron chi connectivity index (χ1n) is 6.85. The number of tetrazole rings is 1. The van der Waals surface area contributed by atoms with Crippen LogP contribution >= 0.6 is 11.6 Å². The molecule has 0 saturated carbocycles. The molecule has 0 spiro atoms. The Bertz CT molecular complexity index is 1010. The van der Waals surface area contributed by atoms with Gasteiger partial charge in [0.2, 0.25) is 10.0 Å². The van der Waals surface area contributed by atoms with Gasteiger partial charge in [0, 0.05) is 5.02 Å². The normalized spacial score (nSPS) is 11.6. The molecule has 0 amide bonds. The second-order valence-corrected chi connectivity index (χ2v) is 7.05. The van der Waals surface area contributed by atoms with Crippen molar-refractivity contribution in [1.82, 2.24) is 24.9 Å². The minimum atomic E-state index is -4.29. The van der Waals surface area contributed by atoms with Gasteiger partial charge in [0.05, 0.1) is 12.2 Å². The summed E-state index contributed by atoms with van der Waals surface area (Å²) in [5.74, 6) is -1.78. The van der Waals surface area contributed by atoms with E-state index in [1.165, 1.54) is 4.68 Å². The number of hydrogen-bond acceptors (Lipinski definition) is 5. The lowest BCUT2D eigenvalue weighted by Gasteiger charge is -2.08. The van der Waals surface area contributed by atoms with Crippen LogP contribution in [0.4, 0.5) is 8.78 Å². The summed E-state index contributed by atoms with van der Waals surface area (Å²) in [5.41, 5.74) is 0.556. The minimum absolute atomic E-state index is 0.155. The van der Waals surface area contributed by atoms with Crippen LogP contribution in [0.3, 0.4) is 0 Å². The van der Waals surface area contributed by atoms with Gasteiger partial charge in [-0.3, -0.25) is 0 Å². The Kier molecular flexibility index (Phi) is 4.75. The Labute approximate surface area is 146 Å². The molecule has 0 aliphatic rings. The third kappa shape index (κ3) is 3.81. The molecule has 1 heterocycles. The highest BCUT2D eigenvalue weighted by molar-refractivity contribution is 7.89. The number of halogens is 3. The van der Waals surface area contributed by atoms with Crippen LogP contribution in [0, 0.1) is 11.6 Å². The fraction of sp³-hybridized carbons (Fsp3) is 0.0714. The number of benzene rings is 2. The van der Waals surface area contributed by atoms with Gasteiger partial charge in [0.1, 0.15) is 16.5 Å². The van der Waals surface area contributed by atoms with Crippen LogP contribution in [-0.2, 0) is 16.6 Å². The van der Waals surface area contributed by atoms with Crippen molar-refractivity contribution in [2.45, 2.75) is 11.4 Å². The molecule has 7 nitrogen and oxygen atoms in total. The quantitative estimate of drug-likeness (QED) is 0.726. The van der Waals surface area contributed by atoms with Crippen molar-refractivity contribution >= 4 is 21.6 Å². The van der Waals surface area contributed by atoms with E-state index < -0.39 is 26.6 Å². The van der Waals surface area contributed by atoms with E-state index in [1.807, 2.05) is 0 Å². The summed E-state index contributed by atoms with van der Waals surface area (Å²) in [6.45, 7) is -0.325. The zero-order valence-electron chi connectivity index (χ0n) is 12.4. The largest absolute Gasteiger partial charge is 0.244 e. The molecule has 3 rings (SSSR count). The number of nitrogens with one attached hydrogen (secondary N) is 1. The van der Waals surface area contributed by atoms with Crippen molar-refractivity contribution in [2.75, 3.05) is 0 Å². The van der Waals surface area contributed by atoms with Gasteiger partial charge >= 0.3 is 0 Å². The minimum Gasteiger partial charge on any atom is -0.207 e. The fourth-order valence-corrected chi connectivity index (χ4v) is 3.21. The first-order chi connectivity index (χ1) is 11.9. The Morgan fingerprint density at radius 2 is 1.84 bits per heavy atom. The highest BCUT2D eigenvalue weighted by Crippen LogP contribution is 2.17. The Balaban J connectivity index is 1.84. The summed E-state index contributed by atoms with van der Waals surface area (Å²) in [6, 6.07) is 8.69. The van der Waals surface area contributed by atoms with Crippen molar-refractivity contribution in [3.63, 3.8) is 0 Å². The van der Waals surface area contributed by atoms with Gasteiger partial charge in [0.25, 0.3) is 0 Å². The van der Waals surface area contributed by atoms with Crippen molar-refractivity contribution in [1.29, 1.82) is 0 Å². The van der Waals surface area contributed by atoms with Gasteiger partial charge in [-0.05, 0) is 52.9 Å². The van der Waals surface area contributed by atoms with Gasteiger partial charge < -0.3 is 0 Å². The van der Waals surface area contributed by atoms with Crippen molar-refractivity contribution in [2.24, 2.45) is 0 Å². The monoisotopic (exact) mass is 385 g/mol. The first-order valence-corrected chi connectivity index (χ1v) is 8.71. The lowest BCUT2D eigenvalue weighted by atomic mass is 10.3. The summed E-state index contributed by atoms with van der Waals surface area (Å²) in [4.78, 5) is -0.794. The van der Waals surface area contributed by atoms with E-state index in [0.29, 0.717) is 16.8 Å². The van der Waals surface area contributed by atoms with E-state index in [4.69, 9.17) is 11.6 Å². The van der Waals surface area contributed by atoms with Gasteiger partial charge in [-0.25, -0.2) is 21.9 Å². The smallest absolute Gasteiger partial charge is 0.207 e. The number of sulfonamides is 1. The van der Waals surface area contributed by atoms with E-state index >= 15 is 0 Å². The molecule has 0 radical (unpaired) electrons. The molecule has 0 aliphatic carbocycles. The van der Waals surface area contributed by atoms with Crippen LogP contribution in [0.1, 0.15) is 5.82 Å². The fourth-order valence-electron chi connectivity index (χ4n) is 2.02. The SMILES string of the molecule is O=S(=O)(NCc1nnnn1-c1ccc(Cl)cc1)c1cc(F)ccc1F. The molecule has 0 unspecified atom stereocenters. The van der Waals surface area contributed by atoms with E-state index in [-0.39, 0.29) is 12.4 Å². The summed E-state index contributed by atoms with van der Waals surface area (Å²) >= 11 is 5.81. The zero-order chi connectivity index (χ0) is 18.0. The average molecular weight is 386 g/mol. The standard InChI is InChI=1S/C14H10ClF2N5O2S/c15-9-1-4-11(5-2-9)22-14(19-20-21-22)8-18-25(23,24)13-7-10(16)3-6-12(13)17/h1-7,18H,8H2. The molecular weight excluding hydrogens is 376 g/mol. The molecular formula is C14H10ClF2N5O2S. The lowest BCUT2D eigenvalue weighted by molar-refractivity contribution is 0.544. The highest BCUT2D eigenvalue weighted by atomic mass is 35.5. The molecule has 0 bridgehead atoms. The maximum absolute atomic E-state index is 13.7. The molecule has 130 valence electrons. The van der Waals surface area contributed by atoms with Gasteiger partial charge in [-0.15, -0.1) is 5.10 Å². The van der Waals surface area contributed by atoms with Crippen LogP contribution < -0.4 is 4.72 Å². The van der Waals surface area contributed by atoms with Crippen LogP contribution in [0.25, 0.3) is 5.69 Å². The van der Waals surface area contributed by atoms with Gasteiger partial charge in [0.15, 0.2) is 5.82 Å². The predicted octanol–water partition coefficient (Wildman–Crippen LogP) is 2.07. The summed E-state index contributed by atoms with van der Waals surface area (Å²) in [6.07, 6.45) is 0. The Hall–Kier alpha value is -2.43. The van der Waals surface area contributed by atoms with Crippen molar-refractivity contribution in [3.8, 4) is 5.69 Å². The highest BCUT2D eigenvalue weighted by Gasteiger charge is 2.21. The van der Waals surface area contributed by atoms with Crippen LogP contribution in [-0.4, -0.2) is 28.6 Å². The molecule has 0 atom stereocenters. The molecule has 1 N–H and O–H groups in total. The third-order valence-corrected chi connectivity index (χ3v) is 4.88. The van der Waals surface area contributed by atoms with Crippen LogP contribution in [0.2, 0.25) is 5.02 Å². The third-order valence-electron chi connectivity index (χ3n) is 3.21. The van der Waals surface area contributed by atoms with E-state index in [2.05, 4.69) is 20.2 Å². The van der Waals surface area contributed by atoms with Crippen LogP contribution in [0.15, 0.2) is 47.4 Å². The summed E-state index contributed by atoms with van der Waals surface area (Å²) in [5, 5.41) is 11.5. The van der Waals surface area contributed by atoms with E-state index in [1.54, 1.807) is 24.3 Å². The first kappa shape index (κ1) is 17.4. The second kappa shape index (κ2) is 6.82. The maximum atomic E-state index is 13.7. The average Bonchev–Trinajstić information content (AvgIpc) is 3.04. The molecule has 2 aromatic carbocycles. The Morgan fingerprint density at radius 3 is 2.56 bits per heavy atom. The summed E-state index contributed by atoms with van der Waals surface area (Å²) in [7, 11) is -4.29. The molecule has 0 fully saturated rings. The molecule has 11 heteroatoms. The van der Waals surface area contributed by atoms with Gasteiger partial charge in [-0.1, -0.05) is 11.6 Å². The van der Waals surface area contributed by atoms with Crippen molar-refractivity contribution < 1.29 is 17.2 Å². The van der Waals surface area contributed by atoms with E-state index in [0.717, 1.165) is 12.1 Å².